The van der Waals surface area contributed by atoms with Crippen LogP contribution in [0.25, 0.3) is 0 Å². The molecule has 1 N–H and O–H groups in total. The van der Waals surface area contributed by atoms with Gasteiger partial charge in [0.05, 0.1) is 6.42 Å². The van der Waals surface area contributed by atoms with Crippen molar-refractivity contribution in [1.82, 2.24) is 0 Å². The number of fused-ring (bicyclic) bond motifs is 1. The lowest BCUT2D eigenvalue weighted by Gasteiger charge is -2.13. The van der Waals surface area contributed by atoms with Crippen LogP contribution in [-0.2, 0) is 11.2 Å². The second-order valence-electron chi connectivity index (χ2n) is 5.21. The molecule has 1 amide bonds. The van der Waals surface area contributed by atoms with Gasteiger partial charge in [-0.25, -0.2) is 0 Å². The van der Waals surface area contributed by atoms with Crippen molar-refractivity contribution in [2.45, 2.75) is 46.0 Å². The Morgan fingerprint density at radius 2 is 2.16 bits per heavy atom. The molecule has 1 aliphatic rings. The van der Waals surface area contributed by atoms with Gasteiger partial charge < -0.3 is 5.32 Å². The van der Waals surface area contributed by atoms with Crippen LogP contribution in [0.2, 0.25) is 0 Å². The standard InChI is InChI=1S/C16H21NO2/c1-3-5-6-11(4-2)16(19)12-7-8-14-13(9-12)10-15(18)17-14/h7-9,11H,3-6,10H2,1-2H3,(H,17,18). The predicted octanol–water partition coefficient (Wildman–Crippen LogP) is 3.58. The zero-order chi connectivity index (χ0) is 13.8. The van der Waals surface area contributed by atoms with Gasteiger partial charge in [-0.15, -0.1) is 0 Å². The summed E-state index contributed by atoms with van der Waals surface area (Å²) in [5.41, 5.74) is 2.54. The molecular formula is C16H21NO2. The van der Waals surface area contributed by atoms with Crippen molar-refractivity contribution in [3.8, 4) is 0 Å². The van der Waals surface area contributed by atoms with Gasteiger partial charge in [-0.2, -0.15) is 0 Å². The average molecular weight is 259 g/mol. The van der Waals surface area contributed by atoms with Crippen molar-refractivity contribution in [1.29, 1.82) is 0 Å². The maximum absolute atomic E-state index is 12.5. The van der Waals surface area contributed by atoms with Crippen molar-refractivity contribution < 1.29 is 9.59 Å². The molecule has 0 saturated heterocycles. The summed E-state index contributed by atoms with van der Waals surface area (Å²) in [6.07, 6.45) is 4.44. The molecule has 1 unspecified atom stereocenters. The molecule has 0 aliphatic carbocycles. The first-order chi connectivity index (χ1) is 9.15. The topological polar surface area (TPSA) is 46.2 Å². The third-order valence-electron chi connectivity index (χ3n) is 3.78. The summed E-state index contributed by atoms with van der Waals surface area (Å²) in [5, 5.41) is 2.79. The van der Waals surface area contributed by atoms with E-state index >= 15 is 0 Å². The fourth-order valence-corrected chi connectivity index (χ4v) is 2.59. The Balaban J connectivity index is 2.15. The summed E-state index contributed by atoms with van der Waals surface area (Å²) < 4.78 is 0. The van der Waals surface area contributed by atoms with E-state index in [1.54, 1.807) is 0 Å². The van der Waals surface area contributed by atoms with Crippen LogP contribution in [0.4, 0.5) is 5.69 Å². The number of carbonyl (C=O) groups excluding carboxylic acids is 2. The van der Waals surface area contributed by atoms with E-state index in [1.807, 2.05) is 18.2 Å². The van der Waals surface area contributed by atoms with Crippen molar-refractivity contribution in [3.05, 3.63) is 29.3 Å². The molecule has 1 aliphatic heterocycles. The smallest absolute Gasteiger partial charge is 0.228 e. The molecular weight excluding hydrogens is 238 g/mol. The maximum Gasteiger partial charge on any atom is 0.228 e. The van der Waals surface area contributed by atoms with Gasteiger partial charge in [-0.1, -0.05) is 26.7 Å². The van der Waals surface area contributed by atoms with Crippen molar-refractivity contribution in [3.63, 3.8) is 0 Å². The van der Waals surface area contributed by atoms with Crippen LogP contribution in [0.3, 0.4) is 0 Å². The predicted molar refractivity (Wildman–Crippen MR) is 76.4 cm³/mol. The highest BCUT2D eigenvalue weighted by Gasteiger charge is 2.22. The summed E-state index contributed by atoms with van der Waals surface area (Å²) in [6, 6.07) is 5.56. The molecule has 0 spiro atoms. The number of nitrogens with one attached hydrogen (secondary N) is 1. The van der Waals surface area contributed by atoms with Crippen LogP contribution < -0.4 is 5.32 Å². The van der Waals surface area contributed by atoms with Gasteiger partial charge in [0.15, 0.2) is 5.78 Å². The van der Waals surface area contributed by atoms with Crippen molar-refractivity contribution >= 4 is 17.4 Å². The molecule has 0 aromatic heterocycles. The van der Waals surface area contributed by atoms with E-state index in [2.05, 4.69) is 19.2 Å². The number of hydrogen-bond acceptors (Lipinski definition) is 2. The fourth-order valence-electron chi connectivity index (χ4n) is 2.59. The maximum atomic E-state index is 12.5. The van der Waals surface area contributed by atoms with Crippen LogP contribution in [0.1, 0.15) is 55.5 Å². The number of anilines is 1. The van der Waals surface area contributed by atoms with Crippen molar-refractivity contribution in [2.24, 2.45) is 5.92 Å². The zero-order valence-electron chi connectivity index (χ0n) is 11.7. The normalized spacial score (nSPS) is 14.9. The van der Waals surface area contributed by atoms with Crippen LogP contribution in [0, 0.1) is 5.92 Å². The molecule has 0 saturated carbocycles. The molecule has 1 aromatic carbocycles. The first-order valence-electron chi connectivity index (χ1n) is 7.12. The average Bonchev–Trinajstić information content (AvgIpc) is 2.78. The van der Waals surface area contributed by atoms with Gasteiger partial charge in [0.1, 0.15) is 0 Å². The largest absolute Gasteiger partial charge is 0.326 e. The summed E-state index contributed by atoms with van der Waals surface area (Å²) in [6.45, 7) is 4.21. The summed E-state index contributed by atoms with van der Waals surface area (Å²) in [4.78, 5) is 23.8. The molecule has 2 rings (SSSR count). The molecule has 19 heavy (non-hydrogen) atoms. The Morgan fingerprint density at radius 3 is 2.84 bits per heavy atom. The first kappa shape index (κ1) is 13.8. The third-order valence-corrected chi connectivity index (χ3v) is 3.78. The van der Waals surface area contributed by atoms with Crippen LogP contribution >= 0.6 is 0 Å². The van der Waals surface area contributed by atoms with Gasteiger partial charge in [0.25, 0.3) is 0 Å². The minimum Gasteiger partial charge on any atom is -0.326 e. The van der Waals surface area contributed by atoms with Crippen molar-refractivity contribution in [2.75, 3.05) is 5.32 Å². The lowest BCUT2D eigenvalue weighted by Crippen LogP contribution is -2.14. The number of rotatable bonds is 6. The van der Waals surface area contributed by atoms with E-state index in [0.717, 1.165) is 42.5 Å². The summed E-state index contributed by atoms with van der Waals surface area (Å²) in [5.74, 6) is 0.346. The van der Waals surface area contributed by atoms with Gasteiger partial charge in [-0.05, 0) is 36.6 Å². The van der Waals surface area contributed by atoms with E-state index in [1.165, 1.54) is 0 Å². The Kier molecular flexibility index (Phi) is 4.35. The zero-order valence-corrected chi connectivity index (χ0v) is 11.7. The molecule has 3 nitrogen and oxygen atoms in total. The number of Topliss-reactive ketones (excluding diaryl/α,β-unsaturated/α-hetero) is 1. The fraction of sp³-hybridized carbons (Fsp3) is 0.500. The Labute approximate surface area is 114 Å². The quantitative estimate of drug-likeness (QED) is 0.794. The van der Waals surface area contributed by atoms with Gasteiger partial charge in [-0.3, -0.25) is 9.59 Å². The minimum absolute atomic E-state index is 0.0117. The first-order valence-corrected chi connectivity index (χ1v) is 7.12. The Hall–Kier alpha value is -1.64. The number of unbranched alkanes of at least 4 members (excludes halogenated alkanes) is 1. The molecule has 1 atom stereocenters. The lowest BCUT2D eigenvalue weighted by atomic mass is 9.90. The van der Waals surface area contributed by atoms with E-state index < -0.39 is 0 Å². The minimum atomic E-state index is 0.0117. The molecule has 0 bridgehead atoms. The van der Waals surface area contributed by atoms with Crippen LogP contribution in [0.15, 0.2) is 18.2 Å². The highest BCUT2D eigenvalue weighted by molar-refractivity contribution is 6.02. The second kappa shape index (κ2) is 6.00. The molecule has 0 radical (unpaired) electrons. The summed E-state index contributed by atoms with van der Waals surface area (Å²) >= 11 is 0. The number of hydrogen-bond donors (Lipinski definition) is 1. The van der Waals surface area contributed by atoms with Gasteiger partial charge >= 0.3 is 0 Å². The second-order valence-corrected chi connectivity index (χ2v) is 5.21. The Morgan fingerprint density at radius 1 is 1.37 bits per heavy atom. The lowest BCUT2D eigenvalue weighted by molar-refractivity contribution is -0.115. The monoisotopic (exact) mass is 259 g/mol. The number of ketones is 1. The summed E-state index contributed by atoms with van der Waals surface area (Å²) in [7, 11) is 0. The molecule has 102 valence electrons. The number of carbonyl (C=O) groups is 2. The third kappa shape index (κ3) is 3.03. The number of benzene rings is 1. The van der Waals surface area contributed by atoms with Crippen LogP contribution in [-0.4, -0.2) is 11.7 Å². The SMILES string of the molecule is CCCCC(CC)C(=O)c1ccc2c(c1)CC(=O)N2. The highest BCUT2D eigenvalue weighted by Crippen LogP contribution is 2.26. The van der Waals surface area contributed by atoms with E-state index in [0.29, 0.717) is 6.42 Å². The molecule has 0 fully saturated rings. The highest BCUT2D eigenvalue weighted by atomic mass is 16.1. The molecule has 1 aromatic rings. The Bertz CT molecular complexity index is 494. The van der Waals surface area contributed by atoms with Gasteiger partial charge in [0, 0.05) is 17.2 Å². The molecule has 1 heterocycles. The van der Waals surface area contributed by atoms with E-state index in [4.69, 9.17) is 0 Å². The van der Waals surface area contributed by atoms with Gasteiger partial charge in [0.2, 0.25) is 5.91 Å². The number of amides is 1. The van der Waals surface area contributed by atoms with E-state index in [9.17, 15) is 9.59 Å². The molecule has 3 heteroatoms. The van der Waals surface area contributed by atoms with Crippen LogP contribution in [0.5, 0.6) is 0 Å². The van der Waals surface area contributed by atoms with E-state index in [-0.39, 0.29) is 17.6 Å².